The third-order valence-electron chi connectivity index (χ3n) is 1.65. The van der Waals surface area contributed by atoms with Gasteiger partial charge in [-0.05, 0) is 24.5 Å². The molecule has 68 valence electrons. The summed E-state index contributed by atoms with van der Waals surface area (Å²) >= 11 is 0. The van der Waals surface area contributed by atoms with Crippen molar-refractivity contribution in [3.8, 4) is 0 Å². The van der Waals surface area contributed by atoms with E-state index in [-0.39, 0.29) is 0 Å². The van der Waals surface area contributed by atoms with E-state index in [0.29, 0.717) is 0 Å². The van der Waals surface area contributed by atoms with Gasteiger partial charge < -0.3 is 0 Å². The molecule has 1 rings (SSSR count). The Bertz CT molecular complexity index is 296. The molecule has 0 heterocycles. The first-order chi connectivity index (χ1) is 6.33. The average molecular weight is 190 g/mol. The summed E-state index contributed by atoms with van der Waals surface area (Å²) in [5.74, 6) is 0. The lowest BCUT2D eigenvalue weighted by Gasteiger charge is -1.99. The van der Waals surface area contributed by atoms with Crippen LogP contribution in [0.4, 0.5) is 0 Å². The van der Waals surface area contributed by atoms with Crippen molar-refractivity contribution in [3.05, 3.63) is 53.9 Å². The Balaban J connectivity index is 2.60. The topological polar surface area (TPSA) is 0 Å². The second-order valence-electron chi connectivity index (χ2n) is 2.87. The second-order valence-corrected chi connectivity index (χ2v) is 4.48. The number of hydrogen-bond donors (Lipinski definition) is 0. The highest BCUT2D eigenvalue weighted by molar-refractivity contribution is 7.51. The van der Waals surface area contributed by atoms with E-state index in [4.69, 9.17) is 0 Å². The zero-order valence-corrected chi connectivity index (χ0v) is 9.12. The lowest BCUT2D eigenvalue weighted by Crippen LogP contribution is -1.90. The smallest absolute Gasteiger partial charge is 0.0230 e. The highest BCUT2D eigenvalue weighted by atomic mass is 31.1. The van der Waals surface area contributed by atoms with Gasteiger partial charge >= 0.3 is 0 Å². The minimum Gasteiger partial charge on any atom is -0.0876 e. The quantitative estimate of drug-likeness (QED) is 0.505. The van der Waals surface area contributed by atoms with Gasteiger partial charge in [0.15, 0.2) is 0 Å². The van der Waals surface area contributed by atoms with Crippen molar-refractivity contribution in [2.45, 2.75) is 13.8 Å². The first kappa shape index (κ1) is 10.2. The molecule has 13 heavy (non-hydrogen) atoms. The number of allylic oxidation sites excluding steroid dienone is 4. The zero-order chi connectivity index (χ0) is 9.52. The summed E-state index contributed by atoms with van der Waals surface area (Å²) in [5.41, 5.74) is 0. The molecule has 1 unspecified atom stereocenters. The van der Waals surface area contributed by atoms with Gasteiger partial charge in [0.2, 0.25) is 0 Å². The van der Waals surface area contributed by atoms with Crippen LogP contribution in [0.5, 0.6) is 0 Å². The molecule has 0 fully saturated rings. The Morgan fingerprint density at radius 3 is 2.54 bits per heavy atom. The van der Waals surface area contributed by atoms with Crippen LogP contribution in [0.15, 0.2) is 53.9 Å². The van der Waals surface area contributed by atoms with Crippen molar-refractivity contribution in [2.75, 3.05) is 0 Å². The molecule has 1 aromatic carbocycles. The maximum Gasteiger partial charge on any atom is -0.0230 e. The first-order valence-corrected chi connectivity index (χ1v) is 5.44. The summed E-state index contributed by atoms with van der Waals surface area (Å²) in [4.78, 5) is 0. The van der Waals surface area contributed by atoms with Crippen molar-refractivity contribution in [3.63, 3.8) is 0 Å². The van der Waals surface area contributed by atoms with Gasteiger partial charge in [-0.25, -0.2) is 0 Å². The fourth-order valence-corrected chi connectivity index (χ4v) is 2.03. The maximum absolute atomic E-state index is 2.17. The van der Waals surface area contributed by atoms with E-state index in [2.05, 4.69) is 55.5 Å². The third kappa shape index (κ3) is 4.05. The van der Waals surface area contributed by atoms with Crippen LogP contribution in [-0.4, -0.2) is 0 Å². The third-order valence-corrected chi connectivity index (χ3v) is 2.84. The molecule has 1 atom stereocenters. The molecule has 1 heteroatoms. The van der Waals surface area contributed by atoms with E-state index in [1.54, 1.807) is 0 Å². The molecule has 0 bridgehead atoms. The molecule has 0 aromatic heterocycles. The summed E-state index contributed by atoms with van der Waals surface area (Å²) in [6.45, 7) is 4.21. The zero-order valence-electron chi connectivity index (χ0n) is 8.12. The number of rotatable bonds is 3. The summed E-state index contributed by atoms with van der Waals surface area (Å²) in [7, 11) is 0.798. The molecule has 0 radical (unpaired) electrons. The van der Waals surface area contributed by atoms with Crippen LogP contribution in [0, 0.1) is 0 Å². The first-order valence-electron chi connectivity index (χ1n) is 4.44. The second kappa shape index (κ2) is 5.72. The van der Waals surface area contributed by atoms with Crippen LogP contribution in [-0.2, 0) is 0 Å². The van der Waals surface area contributed by atoms with E-state index in [0.717, 1.165) is 8.58 Å². The SMILES string of the molecule is C/C=C\C=C(/C)Pc1ccccc1. The lowest BCUT2D eigenvalue weighted by atomic mass is 10.4. The van der Waals surface area contributed by atoms with E-state index < -0.39 is 0 Å². The van der Waals surface area contributed by atoms with Crippen LogP contribution < -0.4 is 5.30 Å². The summed E-state index contributed by atoms with van der Waals surface area (Å²) < 4.78 is 0. The molecule has 0 amide bonds. The standard InChI is InChI=1S/C12H15P/c1-3-4-8-11(2)13-12-9-6-5-7-10-12/h3-10,13H,1-2H3/b4-3-,11-8+. The normalized spacial score (nSPS) is 13.2. The molecule has 0 aliphatic heterocycles. The Labute approximate surface area is 82.2 Å². The Morgan fingerprint density at radius 1 is 1.23 bits per heavy atom. The van der Waals surface area contributed by atoms with Gasteiger partial charge in [-0.1, -0.05) is 57.1 Å². The van der Waals surface area contributed by atoms with Crippen molar-refractivity contribution in [2.24, 2.45) is 0 Å². The van der Waals surface area contributed by atoms with Gasteiger partial charge in [0.1, 0.15) is 0 Å². The number of hydrogen-bond acceptors (Lipinski definition) is 0. The van der Waals surface area contributed by atoms with Gasteiger partial charge in [0.25, 0.3) is 0 Å². The molecule has 0 N–H and O–H groups in total. The average Bonchev–Trinajstić information content (AvgIpc) is 2.16. The van der Waals surface area contributed by atoms with Gasteiger partial charge in [-0.15, -0.1) is 0 Å². The molecule has 0 spiro atoms. The molecular weight excluding hydrogens is 175 g/mol. The van der Waals surface area contributed by atoms with E-state index in [9.17, 15) is 0 Å². The van der Waals surface area contributed by atoms with Crippen molar-refractivity contribution in [1.82, 2.24) is 0 Å². The van der Waals surface area contributed by atoms with Crippen LogP contribution in [0.1, 0.15) is 13.8 Å². The van der Waals surface area contributed by atoms with E-state index in [1.807, 2.05) is 6.92 Å². The predicted octanol–water partition coefficient (Wildman–Crippen LogP) is 3.47. The van der Waals surface area contributed by atoms with Crippen LogP contribution >= 0.6 is 8.58 Å². The largest absolute Gasteiger partial charge is 0.0876 e. The van der Waals surface area contributed by atoms with Crippen LogP contribution in [0.3, 0.4) is 0 Å². The maximum atomic E-state index is 2.17. The Kier molecular flexibility index (Phi) is 4.49. The summed E-state index contributed by atoms with van der Waals surface area (Å²) in [6, 6.07) is 10.6. The molecule has 0 aliphatic rings. The molecule has 0 saturated heterocycles. The van der Waals surface area contributed by atoms with Crippen molar-refractivity contribution in [1.29, 1.82) is 0 Å². The Hall–Kier alpha value is -0.870. The van der Waals surface area contributed by atoms with Crippen LogP contribution in [0.25, 0.3) is 0 Å². The highest BCUT2D eigenvalue weighted by Crippen LogP contribution is 2.21. The van der Waals surface area contributed by atoms with E-state index >= 15 is 0 Å². The van der Waals surface area contributed by atoms with Gasteiger partial charge in [-0.2, -0.15) is 0 Å². The fourth-order valence-electron chi connectivity index (χ4n) is 1.03. The predicted molar refractivity (Wildman–Crippen MR) is 63.0 cm³/mol. The molecule has 1 aromatic rings. The Morgan fingerprint density at radius 2 is 1.92 bits per heavy atom. The minimum atomic E-state index is 0.798. The highest BCUT2D eigenvalue weighted by Gasteiger charge is 1.90. The molecular formula is C12H15P. The molecule has 0 nitrogen and oxygen atoms in total. The van der Waals surface area contributed by atoms with Crippen molar-refractivity contribution < 1.29 is 0 Å². The van der Waals surface area contributed by atoms with Gasteiger partial charge in [0.05, 0.1) is 0 Å². The summed E-state index contributed by atoms with van der Waals surface area (Å²) in [6.07, 6.45) is 6.32. The number of benzene rings is 1. The molecule has 0 aliphatic carbocycles. The molecule has 0 saturated carbocycles. The van der Waals surface area contributed by atoms with Gasteiger partial charge in [-0.3, -0.25) is 0 Å². The van der Waals surface area contributed by atoms with E-state index in [1.165, 1.54) is 10.6 Å². The van der Waals surface area contributed by atoms with Crippen LogP contribution in [0.2, 0.25) is 0 Å². The summed E-state index contributed by atoms with van der Waals surface area (Å²) in [5, 5.41) is 2.82. The van der Waals surface area contributed by atoms with Crippen molar-refractivity contribution >= 4 is 13.9 Å². The van der Waals surface area contributed by atoms with Gasteiger partial charge in [0, 0.05) is 0 Å². The monoisotopic (exact) mass is 190 g/mol. The lowest BCUT2D eigenvalue weighted by molar-refractivity contribution is 1.64. The fraction of sp³-hybridized carbons (Fsp3) is 0.167. The minimum absolute atomic E-state index is 0.798.